The van der Waals surface area contributed by atoms with Crippen molar-refractivity contribution in [3.05, 3.63) is 293 Å². The Labute approximate surface area is 569 Å². The van der Waals surface area contributed by atoms with E-state index in [1.807, 2.05) is 0 Å². The average Bonchev–Trinajstić information content (AvgIpc) is 1.12. The molecule has 0 atom stereocenters. The minimum Gasteiger partial charge on any atom is -0.311 e. The van der Waals surface area contributed by atoms with Crippen LogP contribution in [-0.4, -0.2) is 6.71 Å². The van der Waals surface area contributed by atoms with Gasteiger partial charge in [0.05, 0.1) is 5.69 Å². The molecule has 0 radical (unpaired) electrons. The second kappa shape index (κ2) is 22.0. The van der Waals surface area contributed by atoms with Crippen LogP contribution < -0.4 is 36.0 Å². The number of aryl methyl sites for hydroxylation is 4. The highest BCUT2D eigenvalue weighted by Crippen LogP contribution is 2.59. The predicted octanol–water partition coefficient (Wildman–Crippen LogP) is 23.6. The fraction of sp³-hybridized carbons (Fsp3) is 0.209. The first-order chi connectivity index (χ1) is 45.9. The molecule has 0 saturated carbocycles. The summed E-state index contributed by atoms with van der Waals surface area (Å²) in [7, 11) is 0. The first kappa shape index (κ1) is 60.8. The van der Waals surface area contributed by atoms with E-state index in [0.29, 0.717) is 0 Å². The number of anilines is 12. The first-order valence-corrected chi connectivity index (χ1v) is 34.5. The summed E-state index contributed by atoms with van der Waals surface area (Å²) in [5.74, 6) is 0. The molecule has 472 valence electrons. The molecule has 0 fully saturated rings. The normalized spacial score (nSPS) is 13.8. The summed E-state index contributed by atoms with van der Waals surface area (Å²) in [4.78, 5) is 10.3. The van der Waals surface area contributed by atoms with E-state index in [-0.39, 0.29) is 23.0 Å². The van der Waals surface area contributed by atoms with Gasteiger partial charge in [0.25, 0.3) is 6.71 Å². The van der Waals surface area contributed by atoms with Crippen LogP contribution in [0.1, 0.15) is 126 Å². The van der Waals surface area contributed by atoms with Gasteiger partial charge in [-0.25, -0.2) is 0 Å². The van der Waals surface area contributed by atoms with Crippen LogP contribution in [0.2, 0.25) is 0 Å². The molecule has 0 unspecified atom stereocenters. The van der Waals surface area contributed by atoms with E-state index >= 15 is 0 Å². The maximum atomic E-state index is 2.68. The van der Waals surface area contributed by atoms with Gasteiger partial charge in [0.1, 0.15) is 0 Å². The van der Waals surface area contributed by atoms with E-state index < -0.39 is 5.41 Å². The predicted molar refractivity (Wildman–Crippen MR) is 415 cm³/mol. The Bertz CT molecular complexity index is 5200. The average molecular weight is 1250 g/mol. The van der Waals surface area contributed by atoms with E-state index in [1.54, 1.807) is 0 Å². The van der Waals surface area contributed by atoms with Gasteiger partial charge < -0.3 is 19.6 Å². The minimum atomic E-state index is -0.426. The zero-order valence-electron chi connectivity index (χ0n) is 58.5. The van der Waals surface area contributed by atoms with Crippen molar-refractivity contribution in [2.75, 3.05) is 19.6 Å². The number of benzene rings is 13. The van der Waals surface area contributed by atoms with Gasteiger partial charge in [-0.2, -0.15) is 0 Å². The molecule has 4 nitrogen and oxygen atoms in total. The largest absolute Gasteiger partial charge is 0.311 e. The molecule has 96 heavy (non-hydrogen) atoms. The summed E-state index contributed by atoms with van der Waals surface area (Å²) in [6, 6.07) is 94.1. The second-order valence-corrected chi connectivity index (χ2v) is 31.4. The molecule has 0 amide bonds. The van der Waals surface area contributed by atoms with Gasteiger partial charge in [-0.3, -0.25) is 0 Å². The van der Waals surface area contributed by atoms with Gasteiger partial charge in [-0.05, 0) is 247 Å². The molecular weight excluding hydrogens is 1160 g/mol. The number of fused-ring (bicyclic) bond motifs is 13. The quantitative estimate of drug-likeness (QED) is 0.111. The lowest BCUT2D eigenvalue weighted by Crippen LogP contribution is -2.61. The van der Waals surface area contributed by atoms with Gasteiger partial charge in [0, 0.05) is 68.0 Å². The Kier molecular flexibility index (Phi) is 13.9. The first-order valence-electron chi connectivity index (χ1n) is 34.5. The summed E-state index contributed by atoms with van der Waals surface area (Å²) in [5, 5.41) is 7.69. The monoisotopic (exact) mass is 1240 g/mol. The van der Waals surface area contributed by atoms with E-state index in [0.717, 1.165) is 45.5 Å². The molecule has 2 aliphatic heterocycles. The van der Waals surface area contributed by atoms with Gasteiger partial charge in [0.2, 0.25) is 0 Å². The zero-order chi connectivity index (χ0) is 66.6. The molecule has 0 aromatic heterocycles. The van der Waals surface area contributed by atoms with Crippen molar-refractivity contribution in [2.45, 2.75) is 126 Å². The van der Waals surface area contributed by atoms with Crippen molar-refractivity contribution in [3.63, 3.8) is 0 Å². The van der Waals surface area contributed by atoms with Gasteiger partial charge in [-0.15, -0.1) is 0 Å². The highest BCUT2D eigenvalue weighted by atomic mass is 15.2. The van der Waals surface area contributed by atoms with Crippen molar-refractivity contribution in [1.82, 2.24) is 0 Å². The molecule has 16 rings (SSSR count). The van der Waals surface area contributed by atoms with Crippen molar-refractivity contribution in [2.24, 2.45) is 0 Å². The fourth-order valence-electron chi connectivity index (χ4n) is 16.0. The summed E-state index contributed by atoms with van der Waals surface area (Å²) >= 11 is 0. The number of rotatable bonds is 8. The van der Waals surface area contributed by atoms with Crippen LogP contribution in [-0.2, 0) is 21.7 Å². The topological polar surface area (TPSA) is 13.0 Å². The Morgan fingerprint density at radius 2 is 0.760 bits per heavy atom. The lowest BCUT2D eigenvalue weighted by Gasteiger charge is -2.46. The summed E-state index contributed by atoms with van der Waals surface area (Å²) in [6.45, 7) is 34.8. The molecule has 3 aliphatic rings. The van der Waals surface area contributed by atoms with Gasteiger partial charge >= 0.3 is 0 Å². The third-order valence-corrected chi connectivity index (χ3v) is 21.3. The molecule has 13 aromatic rings. The second-order valence-electron chi connectivity index (χ2n) is 31.4. The van der Waals surface area contributed by atoms with Gasteiger partial charge in [-0.1, -0.05) is 226 Å². The van der Waals surface area contributed by atoms with E-state index in [2.05, 4.69) is 366 Å². The zero-order valence-corrected chi connectivity index (χ0v) is 58.5. The smallest absolute Gasteiger partial charge is 0.252 e. The molecule has 2 heterocycles. The molecule has 0 saturated heterocycles. The van der Waals surface area contributed by atoms with Gasteiger partial charge in [0.15, 0.2) is 0 Å². The Balaban J connectivity index is 1.02. The van der Waals surface area contributed by atoms with Crippen LogP contribution >= 0.6 is 0 Å². The molecule has 0 spiro atoms. The molecule has 13 aromatic carbocycles. The van der Waals surface area contributed by atoms with Crippen molar-refractivity contribution < 1.29 is 0 Å². The molecule has 5 heteroatoms. The highest BCUT2D eigenvalue weighted by molar-refractivity contribution is 7.00. The van der Waals surface area contributed by atoms with Crippen LogP contribution in [0.25, 0.3) is 43.4 Å². The fourth-order valence-corrected chi connectivity index (χ4v) is 16.0. The third kappa shape index (κ3) is 9.86. The SMILES string of the molecule is Cc1ccc(N(c2ccc(C)cc2)c2ccc3c(c2)N(c2ccc(C(C)(C)C)cc2)c2cc(C(C)(C)C)cc4c2B3c2cc(C(C)(C)C)ccc2N4c2cc3c(c(N(c4ccc(C)cc4)c4ccc(C)cc4)c2)C(C)(C)c2cc4c5ccccc5c5ccccc5c4cc2-3)cc1. The standard InChI is InChI=1S/C91H85BN4/c1-56-24-35-63(36-25-56)93(64-37-26-57(2)27-38-64)68-45-46-79-82(52-68)95(67-43-32-60(33-44-67)88(5,6)7)84-49-62(90(11,12)13)50-85-87(84)92(79)80-48-61(89(8,9)10)34-47-81(80)96(85)69-51-77-76-54-74-72-22-18-16-20-70(72)71-21-17-19-23-73(71)75(74)55-78(76)91(14,15)86(77)83(53-69)94(65-39-28-58(3)29-40-65)66-41-30-59(4)31-42-66/h16-55H,1-15H3. The number of nitrogens with zero attached hydrogens (tertiary/aromatic N) is 4. The molecule has 0 N–H and O–H groups in total. The summed E-state index contributed by atoms with van der Waals surface area (Å²) < 4.78 is 0. The van der Waals surface area contributed by atoms with Crippen LogP contribution in [0.4, 0.5) is 68.2 Å². The van der Waals surface area contributed by atoms with Crippen molar-refractivity contribution in [1.29, 1.82) is 0 Å². The van der Waals surface area contributed by atoms with E-state index in [1.165, 1.54) is 133 Å². The third-order valence-electron chi connectivity index (χ3n) is 21.3. The maximum Gasteiger partial charge on any atom is 0.252 e. The maximum absolute atomic E-state index is 2.68. The van der Waals surface area contributed by atoms with Crippen molar-refractivity contribution in [3.8, 4) is 11.1 Å². The molecule has 1 aliphatic carbocycles. The lowest BCUT2D eigenvalue weighted by molar-refractivity contribution is 0.590. The van der Waals surface area contributed by atoms with Crippen LogP contribution in [0.5, 0.6) is 0 Å². The summed E-state index contributed by atoms with van der Waals surface area (Å²) in [5.41, 5.74) is 30.8. The number of hydrogen-bond acceptors (Lipinski definition) is 4. The van der Waals surface area contributed by atoms with E-state index in [9.17, 15) is 0 Å². The highest BCUT2D eigenvalue weighted by Gasteiger charge is 2.47. The number of hydrogen-bond donors (Lipinski definition) is 0. The van der Waals surface area contributed by atoms with E-state index in [4.69, 9.17) is 0 Å². The Morgan fingerprint density at radius 3 is 1.25 bits per heavy atom. The summed E-state index contributed by atoms with van der Waals surface area (Å²) in [6.07, 6.45) is 0. The minimum absolute atomic E-state index is 0.0341. The van der Waals surface area contributed by atoms with Crippen LogP contribution in [0.3, 0.4) is 0 Å². The molecular formula is C91H85BN4. The molecule has 0 bridgehead atoms. The van der Waals surface area contributed by atoms with Crippen molar-refractivity contribution >= 4 is 124 Å². The van der Waals surface area contributed by atoms with Crippen LogP contribution in [0.15, 0.2) is 243 Å². The Morgan fingerprint density at radius 1 is 0.323 bits per heavy atom. The van der Waals surface area contributed by atoms with Crippen LogP contribution in [0, 0.1) is 27.7 Å². The lowest BCUT2D eigenvalue weighted by atomic mass is 9.33. The Hall–Kier alpha value is -10.1.